The molecule has 2 heteroatoms. The number of hydrogen-bond acceptors (Lipinski definition) is 1. The van der Waals surface area contributed by atoms with Gasteiger partial charge in [0.1, 0.15) is 0 Å². The zero-order valence-corrected chi connectivity index (χ0v) is 14.1. The van der Waals surface area contributed by atoms with Crippen LogP contribution in [0, 0.1) is 30.1 Å². The van der Waals surface area contributed by atoms with Crippen molar-refractivity contribution >= 4 is 10.9 Å². The molecule has 0 aliphatic rings. The topological polar surface area (TPSA) is 28.7 Å². The number of aromatic nitrogens is 1. The zero-order chi connectivity index (χ0) is 16.9. The molecular formula is C22H20N2. The average Bonchev–Trinajstić information content (AvgIpc) is 2.87. The number of nitriles is 1. The molecule has 0 aliphatic carbocycles. The van der Waals surface area contributed by atoms with E-state index in [1.165, 1.54) is 22.0 Å². The molecule has 2 nitrogen and oxygen atoms in total. The van der Waals surface area contributed by atoms with Gasteiger partial charge in [-0.05, 0) is 31.0 Å². The number of hydrogen-bond donors (Lipinski definition) is 0. The van der Waals surface area contributed by atoms with Gasteiger partial charge in [0.2, 0.25) is 0 Å². The van der Waals surface area contributed by atoms with Gasteiger partial charge >= 0.3 is 0 Å². The maximum absolute atomic E-state index is 8.65. The second kappa shape index (κ2) is 7.07. The molecule has 1 aromatic heterocycles. The van der Waals surface area contributed by atoms with Crippen LogP contribution >= 0.6 is 0 Å². The highest BCUT2D eigenvalue weighted by Gasteiger charge is 2.15. The minimum atomic E-state index is 0.564. The van der Waals surface area contributed by atoms with Crippen molar-refractivity contribution in [3.8, 4) is 29.2 Å². The first-order valence-electron chi connectivity index (χ1n) is 8.22. The van der Waals surface area contributed by atoms with E-state index in [1.54, 1.807) is 0 Å². The molecular weight excluding hydrogens is 292 g/mol. The molecule has 0 unspecified atom stereocenters. The second-order valence-corrected chi connectivity index (χ2v) is 5.98. The summed E-state index contributed by atoms with van der Waals surface area (Å²) in [6.07, 6.45) is 2.15. The quantitative estimate of drug-likeness (QED) is 0.483. The first kappa shape index (κ1) is 15.9. The molecule has 0 aliphatic heterocycles. The van der Waals surface area contributed by atoms with Crippen molar-refractivity contribution in [2.24, 2.45) is 7.05 Å². The minimum Gasteiger partial charge on any atom is -0.343 e. The van der Waals surface area contributed by atoms with Crippen LogP contribution in [0.1, 0.15) is 30.4 Å². The number of benzene rings is 2. The molecule has 0 bridgehead atoms. The molecule has 3 rings (SSSR count). The van der Waals surface area contributed by atoms with Gasteiger partial charge in [0, 0.05) is 30.8 Å². The molecule has 2 aromatic carbocycles. The van der Waals surface area contributed by atoms with Gasteiger partial charge in [-0.3, -0.25) is 0 Å². The highest BCUT2D eigenvalue weighted by molar-refractivity contribution is 5.95. The number of unbranched alkanes of at least 4 members (excludes halogenated alkanes) is 2. The van der Waals surface area contributed by atoms with Gasteiger partial charge in [-0.15, -0.1) is 0 Å². The van der Waals surface area contributed by atoms with Crippen molar-refractivity contribution < 1.29 is 0 Å². The fraction of sp³-hybridized carbons (Fsp3) is 0.227. The maximum atomic E-state index is 8.65. The lowest BCUT2D eigenvalue weighted by atomic mass is 10.0. The van der Waals surface area contributed by atoms with Crippen molar-refractivity contribution in [3.63, 3.8) is 0 Å². The predicted molar refractivity (Wildman–Crippen MR) is 99.4 cm³/mol. The van der Waals surface area contributed by atoms with Crippen molar-refractivity contribution in [1.82, 2.24) is 4.57 Å². The van der Waals surface area contributed by atoms with Crippen LogP contribution in [0.5, 0.6) is 0 Å². The van der Waals surface area contributed by atoms with Gasteiger partial charge in [-0.2, -0.15) is 5.26 Å². The van der Waals surface area contributed by atoms with E-state index in [0.717, 1.165) is 24.1 Å². The average molecular weight is 312 g/mol. The van der Waals surface area contributed by atoms with Crippen LogP contribution < -0.4 is 0 Å². The number of rotatable bonds is 3. The first-order chi connectivity index (χ1) is 11.7. The minimum absolute atomic E-state index is 0.564. The summed E-state index contributed by atoms with van der Waals surface area (Å²) in [7, 11) is 2.10. The van der Waals surface area contributed by atoms with Crippen LogP contribution in [0.15, 0.2) is 48.5 Å². The monoisotopic (exact) mass is 312 g/mol. The summed E-state index contributed by atoms with van der Waals surface area (Å²) >= 11 is 0. The van der Waals surface area contributed by atoms with Crippen LogP contribution in [0.4, 0.5) is 0 Å². The standard InChI is InChI=1S/C22H20N2/c1-17-13-14-21-20(16-17)19(12-8-3-4-9-15-23)22(24(21)2)18-10-6-5-7-11-18/h5-7,10-11,13-14,16H,3-4,9H2,1-2H3. The Morgan fingerprint density at radius 3 is 2.58 bits per heavy atom. The molecule has 3 aromatic rings. The molecule has 0 spiro atoms. The Labute approximate surface area is 143 Å². The van der Waals surface area contributed by atoms with Crippen LogP contribution in [0.2, 0.25) is 0 Å². The Kier molecular flexibility index (Phi) is 4.69. The first-order valence-corrected chi connectivity index (χ1v) is 8.22. The molecule has 0 radical (unpaired) electrons. The Morgan fingerprint density at radius 1 is 1.04 bits per heavy atom. The van der Waals surface area contributed by atoms with Gasteiger partial charge < -0.3 is 4.57 Å². The molecule has 0 N–H and O–H groups in total. The SMILES string of the molecule is Cc1ccc2c(c1)c(C#CCCCC#N)c(-c1ccccc1)n2C. The summed E-state index contributed by atoms with van der Waals surface area (Å²) in [5.41, 5.74) is 5.85. The van der Waals surface area contributed by atoms with Crippen molar-refractivity contribution in [2.45, 2.75) is 26.2 Å². The maximum Gasteiger partial charge on any atom is 0.0647 e. The molecule has 1 heterocycles. The van der Waals surface area contributed by atoms with Crippen molar-refractivity contribution in [1.29, 1.82) is 5.26 Å². The fourth-order valence-corrected chi connectivity index (χ4v) is 3.03. The zero-order valence-electron chi connectivity index (χ0n) is 14.1. The fourth-order valence-electron chi connectivity index (χ4n) is 3.03. The van der Waals surface area contributed by atoms with E-state index in [9.17, 15) is 0 Å². The van der Waals surface area contributed by atoms with E-state index in [-0.39, 0.29) is 0 Å². The molecule has 0 fully saturated rings. The second-order valence-electron chi connectivity index (χ2n) is 5.98. The van der Waals surface area contributed by atoms with E-state index in [2.05, 4.69) is 78.9 Å². The molecule has 0 amide bonds. The largest absolute Gasteiger partial charge is 0.343 e. The highest BCUT2D eigenvalue weighted by atomic mass is 14.9. The summed E-state index contributed by atoms with van der Waals surface area (Å²) in [6, 6.07) is 19.1. The number of nitrogens with zero attached hydrogens (tertiary/aromatic N) is 2. The molecule has 118 valence electrons. The van der Waals surface area contributed by atoms with E-state index < -0.39 is 0 Å². The summed E-state index contributed by atoms with van der Waals surface area (Å²) in [5.74, 6) is 6.64. The van der Waals surface area contributed by atoms with Crippen LogP contribution in [-0.4, -0.2) is 4.57 Å². The molecule has 0 saturated heterocycles. The predicted octanol–water partition coefficient (Wildman–Crippen LogP) is 5.20. The normalized spacial score (nSPS) is 10.2. The molecule has 0 saturated carbocycles. The Hall–Kier alpha value is -2.97. The van der Waals surface area contributed by atoms with Crippen molar-refractivity contribution in [3.05, 3.63) is 59.7 Å². The lowest BCUT2D eigenvalue weighted by molar-refractivity contribution is 0.894. The van der Waals surface area contributed by atoms with Gasteiger partial charge in [-0.1, -0.05) is 53.8 Å². The third kappa shape index (κ3) is 3.05. The third-order valence-corrected chi connectivity index (χ3v) is 4.21. The third-order valence-electron chi connectivity index (χ3n) is 4.21. The van der Waals surface area contributed by atoms with Crippen LogP contribution in [0.3, 0.4) is 0 Å². The smallest absolute Gasteiger partial charge is 0.0647 e. The number of aryl methyl sites for hydroxylation is 2. The van der Waals surface area contributed by atoms with Crippen molar-refractivity contribution in [2.75, 3.05) is 0 Å². The van der Waals surface area contributed by atoms with E-state index in [4.69, 9.17) is 5.26 Å². The Morgan fingerprint density at radius 2 is 1.83 bits per heavy atom. The van der Waals surface area contributed by atoms with Crippen LogP contribution in [0.25, 0.3) is 22.2 Å². The summed E-state index contributed by atoms with van der Waals surface area (Å²) in [6.45, 7) is 2.11. The van der Waals surface area contributed by atoms with E-state index in [1.807, 2.05) is 6.07 Å². The molecule has 24 heavy (non-hydrogen) atoms. The van der Waals surface area contributed by atoms with Crippen LogP contribution in [-0.2, 0) is 7.05 Å². The summed E-state index contributed by atoms with van der Waals surface area (Å²) in [5, 5.41) is 9.85. The highest BCUT2D eigenvalue weighted by Crippen LogP contribution is 2.33. The Bertz CT molecular complexity index is 960. The van der Waals surface area contributed by atoms with Gasteiger partial charge in [0.15, 0.2) is 0 Å². The van der Waals surface area contributed by atoms with E-state index >= 15 is 0 Å². The summed E-state index contributed by atoms with van der Waals surface area (Å²) < 4.78 is 2.23. The lowest BCUT2D eigenvalue weighted by Gasteiger charge is -2.05. The lowest BCUT2D eigenvalue weighted by Crippen LogP contribution is -1.92. The molecule has 0 atom stereocenters. The van der Waals surface area contributed by atoms with Gasteiger partial charge in [-0.25, -0.2) is 0 Å². The number of fused-ring (bicyclic) bond motifs is 1. The Balaban J connectivity index is 2.17. The summed E-state index contributed by atoms with van der Waals surface area (Å²) in [4.78, 5) is 0. The van der Waals surface area contributed by atoms with E-state index in [0.29, 0.717) is 6.42 Å². The van der Waals surface area contributed by atoms with Gasteiger partial charge in [0.05, 0.1) is 17.3 Å². The van der Waals surface area contributed by atoms with Gasteiger partial charge in [0.25, 0.3) is 0 Å².